The maximum atomic E-state index is 12.2. The van der Waals surface area contributed by atoms with Crippen LogP contribution in [0.2, 0.25) is 0 Å². The fourth-order valence-electron chi connectivity index (χ4n) is 2.46. The summed E-state index contributed by atoms with van der Waals surface area (Å²) in [6, 6.07) is 22.3. The van der Waals surface area contributed by atoms with E-state index in [-0.39, 0.29) is 11.2 Å². The Morgan fingerprint density at radius 2 is 1.62 bits per heavy atom. The van der Waals surface area contributed by atoms with E-state index in [9.17, 15) is 4.79 Å². The number of hydrogen-bond donors (Lipinski definition) is 1. The van der Waals surface area contributed by atoms with Crippen molar-refractivity contribution in [3.05, 3.63) is 84.1 Å². The summed E-state index contributed by atoms with van der Waals surface area (Å²) in [6.45, 7) is 0. The zero-order chi connectivity index (χ0) is 16.8. The quantitative estimate of drug-likeness (QED) is 0.742. The first kappa shape index (κ1) is 16.3. The molecule has 0 unspecified atom stereocenters. The number of aromatic nitrogens is 2. The summed E-state index contributed by atoms with van der Waals surface area (Å²) in [5, 5.41) is 7.13. The van der Waals surface area contributed by atoms with Crippen molar-refractivity contribution >= 4 is 23.5 Å². The zero-order valence-electron chi connectivity index (χ0n) is 13.4. The third-order valence-electron chi connectivity index (χ3n) is 3.57. The molecular weight excluding hydrogens is 318 g/mol. The van der Waals surface area contributed by atoms with Crippen LogP contribution in [0.4, 0.5) is 5.82 Å². The monoisotopic (exact) mass is 337 g/mol. The number of aryl methyl sites for hydroxylation is 1. The van der Waals surface area contributed by atoms with Gasteiger partial charge in [0, 0.05) is 19.3 Å². The van der Waals surface area contributed by atoms with Crippen LogP contribution in [0.5, 0.6) is 0 Å². The van der Waals surface area contributed by atoms with Gasteiger partial charge in [0.15, 0.2) is 5.82 Å². The van der Waals surface area contributed by atoms with Crippen molar-refractivity contribution in [3.63, 3.8) is 0 Å². The Balaban J connectivity index is 1.69. The Hall–Kier alpha value is -2.53. The molecule has 0 fully saturated rings. The zero-order valence-corrected chi connectivity index (χ0v) is 14.2. The van der Waals surface area contributed by atoms with Crippen molar-refractivity contribution in [2.45, 2.75) is 5.25 Å². The van der Waals surface area contributed by atoms with Crippen molar-refractivity contribution in [2.24, 2.45) is 7.05 Å². The first-order valence-electron chi connectivity index (χ1n) is 7.73. The van der Waals surface area contributed by atoms with E-state index < -0.39 is 0 Å². The van der Waals surface area contributed by atoms with E-state index in [1.807, 2.05) is 43.4 Å². The van der Waals surface area contributed by atoms with Crippen LogP contribution in [0.3, 0.4) is 0 Å². The number of carbonyl (C=O) groups is 1. The maximum Gasteiger partial charge on any atom is 0.235 e. The smallest absolute Gasteiger partial charge is 0.235 e. The van der Waals surface area contributed by atoms with E-state index in [0.717, 1.165) is 0 Å². The number of rotatable bonds is 6. The molecular formula is C19H19N3OS. The summed E-state index contributed by atoms with van der Waals surface area (Å²) in [7, 11) is 1.82. The summed E-state index contributed by atoms with van der Waals surface area (Å²) in [5.41, 5.74) is 2.39. The number of anilines is 1. The lowest BCUT2D eigenvalue weighted by atomic mass is 10.0. The largest absolute Gasteiger partial charge is 0.308 e. The van der Waals surface area contributed by atoms with Gasteiger partial charge in [-0.3, -0.25) is 9.48 Å². The number of nitrogens with one attached hydrogen (secondary N) is 1. The van der Waals surface area contributed by atoms with Crippen LogP contribution in [0.1, 0.15) is 16.4 Å². The Morgan fingerprint density at radius 1 is 1.04 bits per heavy atom. The van der Waals surface area contributed by atoms with Crippen LogP contribution in [-0.4, -0.2) is 21.4 Å². The Morgan fingerprint density at radius 3 is 2.12 bits per heavy atom. The second kappa shape index (κ2) is 7.84. The number of thioether (sulfide) groups is 1. The van der Waals surface area contributed by atoms with Crippen molar-refractivity contribution < 1.29 is 4.79 Å². The van der Waals surface area contributed by atoms with Gasteiger partial charge in [0.25, 0.3) is 0 Å². The summed E-state index contributed by atoms with van der Waals surface area (Å²) < 4.78 is 1.67. The van der Waals surface area contributed by atoms with Gasteiger partial charge in [0.1, 0.15) is 0 Å². The molecule has 1 N–H and O–H groups in total. The van der Waals surface area contributed by atoms with Gasteiger partial charge in [-0.05, 0) is 11.1 Å². The molecule has 0 aliphatic carbocycles. The van der Waals surface area contributed by atoms with Gasteiger partial charge >= 0.3 is 0 Å². The van der Waals surface area contributed by atoms with Crippen molar-refractivity contribution in [3.8, 4) is 0 Å². The Labute approximate surface area is 145 Å². The third-order valence-corrected chi connectivity index (χ3v) is 4.87. The predicted octanol–water partition coefficient (Wildman–Crippen LogP) is 3.88. The molecule has 0 aliphatic heterocycles. The highest BCUT2D eigenvalue weighted by atomic mass is 32.2. The van der Waals surface area contributed by atoms with Gasteiger partial charge in [0.2, 0.25) is 5.91 Å². The summed E-state index contributed by atoms with van der Waals surface area (Å²) in [6.07, 6.45) is 1.81. The van der Waals surface area contributed by atoms with E-state index in [0.29, 0.717) is 11.6 Å². The Kier molecular flexibility index (Phi) is 5.33. The van der Waals surface area contributed by atoms with E-state index >= 15 is 0 Å². The molecule has 24 heavy (non-hydrogen) atoms. The third kappa shape index (κ3) is 4.26. The highest BCUT2D eigenvalue weighted by molar-refractivity contribution is 8.00. The molecule has 0 bridgehead atoms. The van der Waals surface area contributed by atoms with Crippen molar-refractivity contribution in [1.29, 1.82) is 0 Å². The van der Waals surface area contributed by atoms with Crippen LogP contribution < -0.4 is 5.32 Å². The molecule has 0 aliphatic rings. The molecule has 0 spiro atoms. The molecule has 4 nitrogen and oxygen atoms in total. The van der Waals surface area contributed by atoms with Crippen LogP contribution >= 0.6 is 11.8 Å². The molecule has 1 aromatic heterocycles. The topological polar surface area (TPSA) is 46.9 Å². The fraction of sp³-hybridized carbons (Fsp3) is 0.158. The molecule has 0 atom stereocenters. The first-order valence-corrected chi connectivity index (χ1v) is 8.78. The minimum absolute atomic E-state index is 0.0458. The molecule has 5 heteroatoms. The number of nitrogens with zero attached hydrogens (tertiary/aromatic N) is 2. The predicted molar refractivity (Wildman–Crippen MR) is 99.0 cm³/mol. The Bertz CT molecular complexity index is 747. The van der Waals surface area contributed by atoms with Crippen LogP contribution in [0.15, 0.2) is 72.9 Å². The van der Waals surface area contributed by atoms with Gasteiger partial charge < -0.3 is 5.32 Å². The molecule has 2 aromatic carbocycles. The lowest BCUT2D eigenvalue weighted by molar-refractivity contribution is -0.113. The fourth-order valence-corrected chi connectivity index (χ4v) is 3.55. The number of amides is 1. The van der Waals surface area contributed by atoms with E-state index in [4.69, 9.17) is 0 Å². The molecule has 0 saturated carbocycles. The van der Waals surface area contributed by atoms with Crippen LogP contribution in [0.25, 0.3) is 0 Å². The van der Waals surface area contributed by atoms with Gasteiger partial charge in [-0.1, -0.05) is 60.7 Å². The first-order chi connectivity index (χ1) is 11.7. The molecule has 3 aromatic rings. The average molecular weight is 337 g/mol. The number of carbonyl (C=O) groups excluding carboxylic acids is 1. The lowest BCUT2D eigenvalue weighted by Crippen LogP contribution is -2.15. The summed E-state index contributed by atoms with van der Waals surface area (Å²) in [4.78, 5) is 12.2. The second-order valence-corrected chi connectivity index (χ2v) is 6.53. The maximum absolute atomic E-state index is 12.2. The molecule has 3 rings (SSSR count). The molecule has 1 heterocycles. The van der Waals surface area contributed by atoms with Gasteiger partial charge in [-0.15, -0.1) is 11.8 Å². The van der Waals surface area contributed by atoms with Crippen molar-refractivity contribution in [1.82, 2.24) is 9.78 Å². The normalized spacial score (nSPS) is 10.8. The molecule has 122 valence electrons. The highest BCUT2D eigenvalue weighted by Gasteiger charge is 2.16. The highest BCUT2D eigenvalue weighted by Crippen LogP contribution is 2.35. The molecule has 1 amide bonds. The average Bonchev–Trinajstić information content (AvgIpc) is 3.02. The van der Waals surface area contributed by atoms with E-state index in [1.165, 1.54) is 11.1 Å². The molecule has 0 saturated heterocycles. The minimum Gasteiger partial charge on any atom is -0.308 e. The summed E-state index contributed by atoms with van der Waals surface area (Å²) in [5.74, 6) is 0.903. The molecule has 0 radical (unpaired) electrons. The van der Waals surface area contributed by atoms with E-state index in [1.54, 1.807) is 28.7 Å². The standard InChI is InChI=1S/C19H19N3OS/c1-22-13-12-17(21-22)20-18(23)14-24-19(15-8-4-2-5-9-15)16-10-6-3-7-11-16/h2-13,19H,14H2,1H3,(H,20,21,23). The van der Waals surface area contributed by atoms with E-state index in [2.05, 4.69) is 34.7 Å². The van der Waals surface area contributed by atoms with Gasteiger partial charge in [-0.2, -0.15) is 5.10 Å². The van der Waals surface area contributed by atoms with Gasteiger partial charge in [-0.25, -0.2) is 0 Å². The SMILES string of the molecule is Cn1ccc(NC(=O)CSC(c2ccccc2)c2ccccc2)n1. The van der Waals surface area contributed by atoms with Gasteiger partial charge in [0.05, 0.1) is 11.0 Å². The van der Waals surface area contributed by atoms with Crippen LogP contribution in [0, 0.1) is 0 Å². The van der Waals surface area contributed by atoms with Crippen LogP contribution in [-0.2, 0) is 11.8 Å². The second-order valence-electron chi connectivity index (χ2n) is 5.44. The summed E-state index contributed by atoms with van der Waals surface area (Å²) >= 11 is 1.62. The number of hydrogen-bond acceptors (Lipinski definition) is 3. The van der Waals surface area contributed by atoms with Crippen molar-refractivity contribution in [2.75, 3.05) is 11.1 Å². The lowest BCUT2D eigenvalue weighted by Gasteiger charge is -2.17. The minimum atomic E-state index is -0.0458. The number of benzene rings is 2.